The first-order valence-electron chi connectivity index (χ1n) is 3.70. The Morgan fingerprint density at radius 2 is 2.18 bits per heavy atom. The molecule has 1 aromatic rings. The van der Waals surface area contributed by atoms with Crippen LogP contribution in [-0.2, 0) is 6.42 Å². The maximum atomic E-state index is 5.73. The molecule has 0 aliphatic heterocycles. The van der Waals surface area contributed by atoms with Gasteiger partial charge in [-0.25, -0.2) is 0 Å². The van der Waals surface area contributed by atoms with E-state index in [1.54, 1.807) is 7.11 Å². The van der Waals surface area contributed by atoms with Gasteiger partial charge in [0.05, 0.1) is 7.11 Å². The topological polar surface area (TPSA) is 35.2 Å². The average Bonchev–Trinajstić information content (AvgIpc) is 2.04. The normalized spacial score (nSPS) is 9.64. The highest BCUT2D eigenvalue weighted by Gasteiger charge is 1.97. The third-order valence-electron chi connectivity index (χ3n) is 1.73. The van der Waals surface area contributed by atoms with Gasteiger partial charge in [0.1, 0.15) is 5.75 Å². The fourth-order valence-electron chi connectivity index (χ4n) is 1.02. The lowest BCUT2D eigenvalue weighted by molar-refractivity contribution is 0.415. The van der Waals surface area contributed by atoms with E-state index in [0.717, 1.165) is 17.9 Å². The van der Waals surface area contributed by atoms with Crippen molar-refractivity contribution in [2.75, 3.05) is 12.8 Å². The number of ether oxygens (including phenoxy) is 1. The van der Waals surface area contributed by atoms with Gasteiger partial charge >= 0.3 is 0 Å². The molecular formula is C9H13NO. The number of aryl methyl sites for hydroxylation is 1. The summed E-state index contributed by atoms with van der Waals surface area (Å²) in [6.45, 7) is 2.08. The first-order chi connectivity index (χ1) is 5.27. The van der Waals surface area contributed by atoms with Crippen LogP contribution >= 0.6 is 0 Å². The van der Waals surface area contributed by atoms with E-state index in [4.69, 9.17) is 10.5 Å². The number of benzene rings is 1. The Balaban J connectivity index is 2.99. The van der Waals surface area contributed by atoms with Crippen molar-refractivity contribution in [3.63, 3.8) is 0 Å². The monoisotopic (exact) mass is 151 g/mol. The van der Waals surface area contributed by atoms with Gasteiger partial charge in [-0.3, -0.25) is 0 Å². The van der Waals surface area contributed by atoms with Crippen LogP contribution in [0.4, 0.5) is 5.69 Å². The number of anilines is 1. The zero-order valence-electron chi connectivity index (χ0n) is 6.92. The molecule has 0 unspecified atom stereocenters. The van der Waals surface area contributed by atoms with Crippen molar-refractivity contribution in [1.29, 1.82) is 0 Å². The van der Waals surface area contributed by atoms with Crippen molar-refractivity contribution in [2.24, 2.45) is 0 Å². The Labute approximate surface area is 67.0 Å². The van der Waals surface area contributed by atoms with Crippen LogP contribution in [0.15, 0.2) is 18.2 Å². The molecule has 60 valence electrons. The highest BCUT2D eigenvalue weighted by Crippen LogP contribution is 2.19. The van der Waals surface area contributed by atoms with Crippen LogP contribution in [0.2, 0.25) is 0 Å². The van der Waals surface area contributed by atoms with Crippen LogP contribution < -0.4 is 10.5 Å². The van der Waals surface area contributed by atoms with Gasteiger partial charge in [0, 0.05) is 11.8 Å². The smallest absolute Gasteiger partial charge is 0.120 e. The molecular weight excluding hydrogens is 138 g/mol. The van der Waals surface area contributed by atoms with Gasteiger partial charge in [0.25, 0.3) is 0 Å². The minimum Gasteiger partial charge on any atom is -0.497 e. The Bertz CT molecular complexity index is 245. The van der Waals surface area contributed by atoms with E-state index in [0.29, 0.717) is 0 Å². The van der Waals surface area contributed by atoms with E-state index in [2.05, 4.69) is 6.92 Å². The van der Waals surface area contributed by atoms with Gasteiger partial charge in [-0.05, 0) is 18.1 Å². The molecule has 0 aliphatic rings. The minimum atomic E-state index is 0.812. The zero-order valence-corrected chi connectivity index (χ0v) is 6.92. The standard InChI is InChI=1S/C9H13NO/c1-3-7-4-5-8(11-2)6-9(7)10/h4-6H,3,10H2,1-2H3. The number of hydrogen-bond donors (Lipinski definition) is 1. The van der Waals surface area contributed by atoms with Crippen LogP contribution in [0, 0.1) is 0 Å². The van der Waals surface area contributed by atoms with Crippen LogP contribution in [0.25, 0.3) is 0 Å². The Kier molecular flexibility index (Phi) is 2.36. The van der Waals surface area contributed by atoms with Crippen molar-refractivity contribution in [2.45, 2.75) is 13.3 Å². The molecule has 0 heterocycles. The van der Waals surface area contributed by atoms with Gasteiger partial charge in [0.15, 0.2) is 0 Å². The third kappa shape index (κ3) is 1.64. The fourth-order valence-corrected chi connectivity index (χ4v) is 1.02. The largest absolute Gasteiger partial charge is 0.497 e. The molecule has 0 fully saturated rings. The van der Waals surface area contributed by atoms with Crippen LogP contribution in [-0.4, -0.2) is 7.11 Å². The predicted octanol–water partition coefficient (Wildman–Crippen LogP) is 1.84. The average molecular weight is 151 g/mol. The summed E-state index contributed by atoms with van der Waals surface area (Å²) < 4.78 is 5.01. The molecule has 0 radical (unpaired) electrons. The van der Waals surface area contributed by atoms with Gasteiger partial charge < -0.3 is 10.5 Å². The molecule has 0 amide bonds. The van der Waals surface area contributed by atoms with Crippen molar-refractivity contribution in [1.82, 2.24) is 0 Å². The van der Waals surface area contributed by atoms with E-state index in [9.17, 15) is 0 Å². The Morgan fingerprint density at radius 1 is 1.45 bits per heavy atom. The minimum absolute atomic E-state index is 0.812. The molecule has 0 saturated heterocycles. The quantitative estimate of drug-likeness (QED) is 0.654. The van der Waals surface area contributed by atoms with Crippen LogP contribution in [0.3, 0.4) is 0 Å². The number of nitrogen functional groups attached to an aromatic ring is 1. The lowest BCUT2D eigenvalue weighted by Crippen LogP contribution is -1.93. The van der Waals surface area contributed by atoms with Crippen LogP contribution in [0.1, 0.15) is 12.5 Å². The summed E-state index contributed by atoms with van der Waals surface area (Å²) in [6, 6.07) is 5.77. The second-order valence-corrected chi connectivity index (χ2v) is 2.42. The highest BCUT2D eigenvalue weighted by molar-refractivity contribution is 5.51. The highest BCUT2D eigenvalue weighted by atomic mass is 16.5. The van der Waals surface area contributed by atoms with E-state index in [1.165, 1.54) is 5.56 Å². The van der Waals surface area contributed by atoms with Crippen molar-refractivity contribution in [3.05, 3.63) is 23.8 Å². The first-order valence-corrected chi connectivity index (χ1v) is 3.70. The summed E-state index contributed by atoms with van der Waals surface area (Å²) in [5.74, 6) is 0.819. The molecule has 0 aromatic heterocycles. The molecule has 0 saturated carbocycles. The fraction of sp³-hybridized carbons (Fsp3) is 0.333. The Morgan fingerprint density at radius 3 is 2.64 bits per heavy atom. The molecule has 0 atom stereocenters. The molecule has 0 aliphatic carbocycles. The van der Waals surface area contributed by atoms with Gasteiger partial charge in [-0.2, -0.15) is 0 Å². The van der Waals surface area contributed by atoms with Gasteiger partial charge in [0.2, 0.25) is 0 Å². The summed E-state index contributed by atoms with van der Waals surface area (Å²) >= 11 is 0. The molecule has 11 heavy (non-hydrogen) atoms. The maximum Gasteiger partial charge on any atom is 0.120 e. The van der Waals surface area contributed by atoms with Gasteiger partial charge in [-0.15, -0.1) is 0 Å². The maximum absolute atomic E-state index is 5.73. The van der Waals surface area contributed by atoms with E-state index in [1.807, 2.05) is 18.2 Å². The summed E-state index contributed by atoms with van der Waals surface area (Å²) in [5, 5.41) is 0. The van der Waals surface area contributed by atoms with Crippen LogP contribution in [0.5, 0.6) is 5.75 Å². The molecule has 2 heteroatoms. The SMILES string of the molecule is CCc1ccc(OC)cc1N. The molecule has 1 aromatic carbocycles. The lowest BCUT2D eigenvalue weighted by atomic mass is 10.1. The summed E-state index contributed by atoms with van der Waals surface area (Å²) in [6.07, 6.45) is 0.968. The van der Waals surface area contributed by atoms with Crippen molar-refractivity contribution < 1.29 is 4.74 Å². The summed E-state index contributed by atoms with van der Waals surface area (Å²) in [4.78, 5) is 0. The van der Waals surface area contributed by atoms with E-state index >= 15 is 0 Å². The van der Waals surface area contributed by atoms with Gasteiger partial charge in [-0.1, -0.05) is 13.0 Å². The second kappa shape index (κ2) is 3.28. The predicted molar refractivity (Wildman–Crippen MR) is 46.8 cm³/mol. The zero-order chi connectivity index (χ0) is 8.27. The van der Waals surface area contributed by atoms with Crippen molar-refractivity contribution in [3.8, 4) is 5.75 Å². The number of rotatable bonds is 2. The second-order valence-electron chi connectivity index (χ2n) is 2.42. The number of nitrogens with two attached hydrogens (primary N) is 1. The summed E-state index contributed by atoms with van der Waals surface area (Å²) in [7, 11) is 1.64. The number of hydrogen-bond acceptors (Lipinski definition) is 2. The summed E-state index contributed by atoms with van der Waals surface area (Å²) in [5.41, 5.74) is 7.71. The number of methoxy groups -OCH3 is 1. The molecule has 0 spiro atoms. The van der Waals surface area contributed by atoms with Crippen molar-refractivity contribution >= 4 is 5.69 Å². The Hall–Kier alpha value is -1.18. The first kappa shape index (κ1) is 7.92. The molecule has 0 bridgehead atoms. The third-order valence-corrected chi connectivity index (χ3v) is 1.73. The lowest BCUT2D eigenvalue weighted by Gasteiger charge is -2.04. The van der Waals surface area contributed by atoms with E-state index < -0.39 is 0 Å². The molecule has 2 N–H and O–H groups in total. The molecule has 1 rings (SSSR count). The molecule has 2 nitrogen and oxygen atoms in total. The van der Waals surface area contributed by atoms with E-state index in [-0.39, 0.29) is 0 Å².